The Bertz CT molecular complexity index is 253. The van der Waals surface area contributed by atoms with Crippen LogP contribution >= 0.6 is 11.3 Å². The van der Waals surface area contributed by atoms with Crippen LogP contribution in [-0.2, 0) is 11.2 Å². The first kappa shape index (κ1) is 12.6. The van der Waals surface area contributed by atoms with Crippen molar-refractivity contribution in [3.63, 3.8) is 0 Å². The van der Waals surface area contributed by atoms with Gasteiger partial charge in [0.2, 0.25) is 0 Å². The van der Waals surface area contributed by atoms with Crippen molar-refractivity contribution < 1.29 is 4.74 Å². The van der Waals surface area contributed by atoms with Crippen LogP contribution in [0.1, 0.15) is 24.8 Å². The van der Waals surface area contributed by atoms with E-state index >= 15 is 0 Å². The smallest absolute Gasteiger partial charge is 0.0940 e. The molecule has 1 rings (SSSR count). The molecular formula is C10H19N3OS. The molecule has 1 heterocycles. The summed E-state index contributed by atoms with van der Waals surface area (Å²) in [6.45, 7) is 2.07. The Balaban J connectivity index is 2.30. The van der Waals surface area contributed by atoms with Gasteiger partial charge in [-0.2, -0.15) is 0 Å². The summed E-state index contributed by atoms with van der Waals surface area (Å²) < 4.78 is 5.20. The summed E-state index contributed by atoms with van der Waals surface area (Å²) in [6.07, 6.45) is 5.02. The monoisotopic (exact) mass is 229 g/mol. The Hall–Kier alpha value is -0.490. The minimum atomic E-state index is 0.286. The lowest BCUT2D eigenvalue weighted by Gasteiger charge is -2.16. The van der Waals surface area contributed by atoms with Gasteiger partial charge in [-0.05, 0) is 19.8 Å². The van der Waals surface area contributed by atoms with Crippen LogP contribution in [0, 0.1) is 0 Å². The molecule has 86 valence electrons. The number of hydrogen-bond acceptors (Lipinski definition) is 5. The number of ether oxygens (including phenoxy) is 1. The molecule has 5 heteroatoms. The third kappa shape index (κ3) is 4.70. The molecule has 0 fully saturated rings. The highest BCUT2D eigenvalue weighted by Gasteiger charge is 2.11. The van der Waals surface area contributed by atoms with Crippen molar-refractivity contribution >= 4 is 11.3 Å². The number of methoxy groups -OCH3 is 1. The third-order valence-electron chi connectivity index (χ3n) is 2.46. The predicted octanol–water partition coefficient (Wildman–Crippen LogP) is 1.33. The zero-order valence-corrected chi connectivity index (χ0v) is 10.1. The number of rotatable bonds is 7. The molecule has 0 amide bonds. The number of nitrogens with one attached hydrogen (secondary N) is 1. The van der Waals surface area contributed by atoms with Crippen LogP contribution in [0.4, 0.5) is 0 Å². The first-order chi connectivity index (χ1) is 7.26. The first-order valence-corrected chi connectivity index (χ1v) is 6.01. The lowest BCUT2D eigenvalue weighted by atomic mass is 10.1. The number of nitrogens with two attached hydrogens (primary N) is 1. The Morgan fingerprint density at radius 2 is 2.40 bits per heavy atom. The summed E-state index contributed by atoms with van der Waals surface area (Å²) in [5.41, 5.74) is 2.83. The lowest BCUT2D eigenvalue weighted by Crippen LogP contribution is -2.37. The minimum absolute atomic E-state index is 0.286. The van der Waals surface area contributed by atoms with Crippen LogP contribution < -0.4 is 11.3 Å². The number of hydrogen-bond donors (Lipinski definition) is 2. The van der Waals surface area contributed by atoms with E-state index in [1.54, 1.807) is 18.4 Å². The first-order valence-electron chi connectivity index (χ1n) is 5.13. The predicted molar refractivity (Wildman–Crippen MR) is 62.6 cm³/mol. The molecule has 2 atom stereocenters. The molecule has 0 aliphatic heterocycles. The third-order valence-corrected chi connectivity index (χ3v) is 3.27. The largest absolute Gasteiger partial charge is 0.382 e. The second-order valence-electron chi connectivity index (χ2n) is 3.62. The maximum atomic E-state index is 5.50. The van der Waals surface area contributed by atoms with Crippen molar-refractivity contribution in [1.82, 2.24) is 10.4 Å². The maximum Gasteiger partial charge on any atom is 0.0940 e. The zero-order chi connectivity index (χ0) is 11.1. The highest BCUT2D eigenvalue weighted by Crippen LogP contribution is 2.11. The second kappa shape index (κ2) is 6.90. The Labute approximate surface area is 94.8 Å². The topological polar surface area (TPSA) is 60.2 Å². The van der Waals surface area contributed by atoms with Gasteiger partial charge in [-0.3, -0.25) is 11.3 Å². The van der Waals surface area contributed by atoms with Gasteiger partial charge in [0.05, 0.1) is 11.1 Å². The minimum Gasteiger partial charge on any atom is -0.382 e. The molecule has 0 aromatic carbocycles. The van der Waals surface area contributed by atoms with E-state index in [1.165, 1.54) is 0 Å². The highest BCUT2D eigenvalue weighted by atomic mass is 32.1. The van der Waals surface area contributed by atoms with Gasteiger partial charge >= 0.3 is 0 Å². The normalized spacial score (nSPS) is 15.1. The number of hydrazine groups is 1. The fourth-order valence-corrected chi connectivity index (χ4v) is 2.06. The Morgan fingerprint density at radius 1 is 1.60 bits per heavy atom. The zero-order valence-electron chi connectivity index (χ0n) is 9.27. The van der Waals surface area contributed by atoms with Crippen LogP contribution in [0.2, 0.25) is 0 Å². The average Bonchev–Trinajstić information content (AvgIpc) is 2.76. The summed E-state index contributed by atoms with van der Waals surface area (Å²) in [5.74, 6) is 5.50. The van der Waals surface area contributed by atoms with E-state index in [4.69, 9.17) is 10.6 Å². The molecule has 0 aliphatic carbocycles. The van der Waals surface area contributed by atoms with E-state index in [0.29, 0.717) is 0 Å². The van der Waals surface area contributed by atoms with Gasteiger partial charge in [0.25, 0.3) is 0 Å². The highest BCUT2D eigenvalue weighted by molar-refractivity contribution is 7.09. The summed E-state index contributed by atoms with van der Waals surface area (Å²) in [6, 6.07) is 0.286. The van der Waals surface area contributed by atoms with Crippen LogP contribution in [0.5, 0.6) is 0 Å². The van der Waals surface area contributed by atoms with Crippen molar-refractivity contribution in [1.29, 1.82) is 0 Å². The van der Waals surface area contributed by atoms with Gasteiger partial charge in [0, 0.05) is 31.1 Å². The number of thiazole rings is 1. The second-order valence-corrected chi connectivity index (χ2v) is 4.60. The van der Waals surface area contributed by atoms with Gasteiger partial charge in [-0.25, -0.2) is 4.98 Å². The van der Waals surface area contributed by atoms with Gasteiger partial charge in [-0.15, -0.1) is 11.3 Å². The van der Waals surface area contributed by atoms with Gasteiger partial charge in [0.15, 0.2) is 0 Å². The van der Waals surface area contributed by atoms with E-state index in [0.717, 1.165) is 24.3 Å². The SMILES string of the molecule is COC(C)CCC(Cc1nccs1)NN. The molecule has 0 bridgehead atoms. The fourth-order valence-electron chi connectivity index (χ4n) is 1.36. The summed E-state index contributed by atoms with van der Waals surface area (Å²) >= 11 is 1.67. The lowest BCUT2D eigenvalue weighted by molar-refractivity contribution is 0.106. The van der Waals surface area contributed by atoms with E-state index in [9.17, 15) is 0 Å². The molecule has 0 saturated carbocycles. The molecule has 0 spiro atoms. The van der Waals surface area contributed by atoms with Crippen molar-refractivity contribution in [2.45, 2.75) is 38.3 Å². The van der Waals surface area contributed by atoms with Crippen LogP contribution in [0.25, 0.3) is 0 Å². The Morgan fingerprint density at radius 3 is 2.93 bits per heavy atom. The average molecular weight is 229 g/mol. The van der Waals surface area contributed by atoms with Gasteiger partial charge in [0.1, 0.15) is 0 Å². The van der Waals surface area contributed by atoms with Gasteiger partial charge < -0.3 is 4.74 Å². The van der Waals surface area contributed by atoms with Crippen molar-refractivity contribution in [3.8, 4) is 0 Å². The summed E-state index contributed by atoms with van der Waals surface area (Å²) in [5, 5.41) is 3.11. The molecule has 0 radical (unpaired) electrons. The van der Waals surface area contributed by atoms with Crippen molar-refractivity contribution in [3.05, 3.63) is 16.6 Å². The molecular weight excluding hydrogens is 210 g/mol. The molecule has 0 aliphatic rings. The van der Waals surface area contributed by atoms with Crippen LogP contribution in [0.3, 0.4) is 0 Å². The van der Waals surface area contributed by atoms with Crippen molar-refractivity contribution in [2.75, 3.05) is 7.11 Å². The molecule has 1 aromatic rings. The summed E-state index contributed by atoms with van der Waals surface area (Å²) in [4.78, 5) is 4.24. The molecule has 0 saturated heterocycles. The molecule has 1 aromatic heterocycles. The standard InChI is InChI=1S/C10H19N3OS/c1-8(14-2)3-4-9(13-11)7-10-12-5-6-15-10/h5-6,8-9,13H,3-4,7,11H2,1-2H3. The van der Waals surface area contributed by atoms with E-state index in [2.05, 4.69) is 17.3 Å². The van der Waals surface area contributed by atoms with E-state index in [-0.39, 0.29) is 12.1 Å². The molecule has 15 heavy (non-hydrogen) atoms. The Kier molecular flexibility index (Phi) is 5.78. The number of nitrogens with zero attached hydrogens (tertiary/aromatic N) is 1. The van der Waals surface area contributed by atoms with Gasteiger partial charge in [-0.1, -0.05) is 0 Å². The number of aromatic nitrogens is 1. The quantitative estimate of drug-likeness (QED) is 0.547. The van der Waals surface area contributed by atoms with Crippen LogP contribution in [0.15, 0.2) is 11.6 Å². The van der Waals surface area contributed by atoms with E-state index in [1.807, 2.05) is 11.6 Å². The summed E-state index contributed by atoms with van der Waals surface area (Å²) in [7, 11) is 1.73. The molecule has 3 N–H and O–H groups in total. The maximum absolute atomic E-state index is 5.50. The molecule has 2 unspecified atom stereocenters. The van der Waals surface area contributed by atoms with Crippen molar-refractivity contribution in [2.24, 2.45) is 5.84 Å². The fraction of sp³-hybridized carbons (Fsp3) is 0.700. The van der Waals surface area contributed by atoms with Crippen LogP contribution in [-0.4, -0.2) is 24.2 Å². The van der Waals surface area contributed by atoms with E-state index < -0.39 is 0 Å². The molecule has 4 nitrogen and oxygen atoms in total.